The average molecular weight is 195 g/mol. The van der Waals surface area contributed by atoms with Gasteiger partial charge in [0, 0.05) is 12.6 Å². The molecule has 2 atom stereocenters. The molecule has 0 radical (unpaired) electrons. The first-order chi connectivity index (χ1) is 6.79. The Bertz CT molecular complexity index is 299. The number of ether oxygens (including phenoxy) is 1. The third kappa shape index (κ3) is 1.87. The molecule has 2 rings (SSSR count). The summed E-state index contributed by atoms with van der Waals surface area (Å²) in [5.41, 5.74) is 1.14. The van der Waals surface area contributed by atoms with Gasteiger partial charge in [0.05, 0.1) is 7.11 Å². The van der Waals surface area contributed by atoms with Crippen molar-refractivity contribution in [2.45, 2.75) is 18.6 Å². The van der Waals surface area contributed by atoms with E-state index in [4.69, 9.17) is 4.74 Å². The van der Waals surface area contributed by atoms with Crippen LogP contribution >= 0.6 is 0 Å². The Morgan fingerprint density at radius 2 is 2.14 bits per heavy atom. The van der Waals surface area contributed by atoms with E-state index < -0.39 is 6.17 Å². The van der Waals surface area contributed by atoms with Gasteiger partial charge in [0.25, 0.3) is 0 Å². The van der Waals surface area contributed by atoms with Crippen molar-refractivity contribution >= 4 is 0 Å². The maximum absolute atomic E-state index is 12.9. The molecular formula is C11H14FNO. The van der Waals surface area contributed by atoms with Crippen molar-refractivity contribution in [3.8, 4) is 5.75 Å². The zero-order chi connectivity index (χ0) is 9.97. The molecule has 2 nitrogen and oxygen atoms in total. The van der Waals surface area contributed by atoms with E-state index in [1.807, 2.05) is 24.3 Å². The van der Waals surface area contributed by atoms with Gasteiger partial charge in [-0.1, -0.05) is 12.1 Å². The molecule has 0 amide bonds. The molecule has 76 valence electrons. The fourth-order valence-corrected chi connectivity index (χ4v) is 1.59. The zero-order valence-electron chi connectivity index (χ0n) is 8.16. The molecule has 1 aliphatic rings. The van der Waals surface area contributed by atoms with Crippen LogP contribution in [-0.4, -0.2) is 25.9 Å². The van der Waals surface area contributed by atoms with Crippen LogP contribution in [0, 0.1) is 0 Å². The number of hydrogen-bond donors (Lipinski definition) is 1. The number of hydrogen-bond acceptors (Lipinski definition) is 2. The summed E-state index contributed by atoms with van der Waals surface area (Å²) in [6, 6.07) is 7.77. The van der Waals surface area contributed by atoms with Crippen LogP contribution in [0.25, 0.3) is 0 Å². The van der Waals surface area contributed by atoms with Crippen molar-refractivity contribution < 1.29 is 9.13 Å². The van der Waals surface area contributed by atoms with Crippen LogP contribution in [0.3, 0.4) is 0 Å². The van der Waals surface area contributed by atoms with Crippen LogP contribution < -0.4 is 10.1 Å². The fraction of sp³-hybridized carbons (Fsp3) is 0.455. The largest absolute Gasteiger partial charge is 0.497 e. The van der Waals surface area contributed by atoms with Gasteiger partial charge in [-0.25, -0.2) is 4.39 Å². The lowest BCUT2D eigenvalue weighted by atomic mass is 9.96. The summed E-state index contributed by atoms with van der Waals surface area (Å²) in [4.78, 5) is 0. The average Bonchev–Trinajstić information content (AvgIpc) is 2.24. The molecule has 1 heterocycles. The van der Waals surface area contributed by atoms with Crippen LogP contribution in [0.4, 0.5) is 4.39 Å². The smallest absolute Gasteiger partial charge is 0.128 e. The Hall–Kier alpha value is -1.09. The first-order valence-corrected chi connectivity index (χ1v) is 4.80. The van der Waals surface area contributed by atoms with E-state index in [0.29, 0.717) is 6.54 Å². The molecule has 3 heteroatoms. The minimum Gasteiger partial charge on any atom is -0.497 e. The van der Waals surface area contributed by atoms with Crippen molar-refractivity contribution in [3.05, 3.63) is 29.8 Å². The first kappa shape index (κ1) is 9.46. The van der Waals surface area contributed by atoms with Gasteiger partial charge in [-0.05, 0) is 24.1 Å². The summed E-state index contributed by atoms with van der Waals surface area (Å²) < 4.78 is 18.0. The molecule has 0 spiro atoms. The zero-order valence-corrected chi connectivity index (χ0v) is 8.16. The number of alkyl halides is 1. The summed E-state index contributed by atoms with van der Waals surface area (Å²) >= 11 is 0. The van der Waals surface area contributed by atoms with Crippen molar-refractivity contribution in [1.82, 2.24) is 5.32 Å². The normalized spacial score (nSPS) is 25.6. The highest BCUT2D eigenvalue weighted by molar-refractivity contribution is 5.28. The van der Waals surface area contributed by atoms with Crippen molar-refractivity contribution in [1.29, 1.82) is 0 Å². The molecule has 1 saturated heterocycles. The van der Waals surface area contributed by atoms with Gasteiger partial charge in [-0.15, -0.1) is 0 Å². The summed E-state index contributed by atoms with van der Waals surface area (Å²) in [7, 11) is 1.64. The second kappa shape index (κ2) is 3.96. The molecule has 1 N–H and O–H groups in total. The summed E-state index contributed by atoms with van der Waals surface area (Å²) in [6.07, 6.45) is 0.0719. The number of halogens is 1. The Labute approximate surface area is 83.1 Å². The predicted octanol–water partition coefficient (Wildman–Crippen LogP) is 1.55. The van der Waals surface area contributed by atoms with Crippen molar-refractivity contribution in [2.75, 3.05) is 13.7 Å². The lowest BCUT2D eigenvalue weighted by Gasteiger charge is -2.32. The Morgan fingerprint density at radius 3 is 2.57 bits per heavy atom. The number of nitrogens with one attached hydrogen (secondary N) is 1. The van der Waals surface area contributed by atoms with E-state index >= 15 is 0 Å². The van der Waals surface area contributed by atoms with Crippen molar-refractivity contribution in [3.63, 3.8) is 0 Å². The summed E-state index contributed by atoms with van der Waals surface area (Å²) in [5.74, 6) is 0.840. The lowest BCUT2D eigenvalue weighted by molar-refractivity contribution is 0.158. The van der Waals surface area contributed by atoms with Gasteiger partial charge >= 0.3 is 0 Å². The highest BCUT2D eigenvalue weighted by atomic mass is 19.1. The van der Waals surface area contributed by atoms with Crippen molar-refractivity contribution in [2.24, 2.45) is 0 Å². The maximum Gasteiger partial charge on any atom is 0.128 e. The minimum atomic E-state index is -0.683. The molecule has 1 aliphatic heterocycles. The fourth-order valence-electron chi connectivity index (χ4n) is 1.59. The van der Waals surface area contributed by atoms with Crippen LogP contribution in [-0.2, 0) is 6.42 Å². The van der Waals surface area contributed by atoms with Crippen LogP contribution in [0.1, 0.15) is 5.56 Å². The second-order valence-electron chi connectivity index (χ2n) is 3.58. The third-order valence-corrected chi connectivity index (χ3v) is 2.63. The SMILES string of the molecule is COc1ccc(CC2NC[C@@H]2F)cc1. The molecule has 0 aromatic heterocycles. The monoisotopic (exact) mass is 195 g/mol. The molecule has 1 fully saturated rings. The third-order valence-electron chi connectivity index (χ3n) is 2.63. The summed E-state index contributed by atoms with van der Waals surface area (Å²) in [6.45, 7) is 0.501. The van der Waals surface area contributed by atoms with E-state index in [-0.39, 0.29) is 6.04 Å². The van der Waals surface area contributed by atoms with Gasteiger partial charge in [-0.3, -0.25) is 0 Å². The molecule has 0 bridgehead atoms. The lowest BCUT2D eigenvalue weighted by Crippen LogP contribution is -2.55. The highest BCUT2D eigenvalue weighted by Crippen LogP contribution is 2.17. The Kier molecular flexibility index (Phi) is 2.68. The highest BCUT2D eigenvalue weighted by Gasteiger charge is 2.29. The Balaban J connectivity index is 1.96. The first-order valence-electron chi connectivity index (χ1n) is 4.80. The van der Waals surface area contributed by atoms with Gasteiger partial charge in [0.15, 0.2) is 0 Å². The van der Waals surface area contributed by atoms with Gasteiger partial charge in [0.2, 0.25) is 0 Å². The molecular weight excluding hydrogens is 181 g/mol. The topological polar surface area (TPSA) is 21.3 Å². The van der Waals surface area contributed by atoms with E-state index in [9.17, 15) is 4.39 Å². The van der Waals surface area contributed by atoms with Gasteiger partial charge in [-0.2, -0.15) is 0 Å². The number of benzene rings is 1. The van der Waals surface area contributed by atoms with E-state index in [2.05, 4.69) is 5.32 Å². The predicted molar refractivity (Wildman–Crippen MR) is 53.4 cm³/mol. The molecule has 0 aliphatic carbocycles. The van der Waals surface area contributed by atoms with E-state index in [1.165, 1.54) is 0 Å². The van der Waals surface area contributed by atoms with Crippen LogP contribution in [0.2, 0.25) is 0 Å². The minimum absolute atomic E-state index is 0.00314. The summed E-state index contributed by atoms with van der Waals surface area (Å²) in [5, 5.41) is 3.07. The van der Waals surface area contributed by atoms with E-state index in [1.54, 1.807) is 7.11 Å². The number of methoxy groups -OCH3 is 1. The number of rotatable bonds is 3. The standard InChI is InChI=1S/C11H14FNO/c1-14-9-4-2-8(3-5-9)6-11-10(12)7-13-11/h2-5,10-11,13H,6-7H2,1H3/t10-,11?/m0/s1. The molecule has 1 aromatic rings. The molecule has 0 saturated carbocycles. The quantitative estimate of drug-likeness (QED) is 0.790. The maximum atomic E-state index is 12.9. The van der Waals surface area contributed by atoms with Crippen LogP contribution in [0.15, 0.2) is 24.3 Å². The van der Waals surface area contributed by atoms with E-state index in [0.717, 1.165) is 17.7 Å². The molecule has 1 unspecified atom stereocenters. The Morgan fingerprint density at radius 1 is 1.43 bits per heavy atom. The second-order valence-corrected chi connectivity index (χ2v) is 3.58. The molecule has 14 heavy (non-hydrogen) atoms. The van der Waals surface area contributed by atoms with Gasteiger partial charge < -0.3 is 10.1 Å². The van der Waals surface area contributed by atoms with Gasteiger partial charge in [0.1, 0.15) is 11.9 Å². The molecule has 1 aromatic carbocycles. The van der Waals surface area contributed by atoms with Crippen LogP contribution in [0.5, 0.6) is 5.75 Å².